The topological polar surface area (TPSA) is 20.2 Å². The molecule has 0 saturated heterocycles. The van der Waals surface area contributed by atoms with Gasteiger partial charge in [0.25, 0.3) is 0 Å². The first-order valence-electron chi connectivity index (χ1n) is 3.62. The molecule has 0 aromatic heterocycles. The second-order valence-electron chi connectivity index (χ2n) is 2.57. The average Bonchev–Trinajstić information content (AvgIpc) is 2.19. The largest absolute Gasteiger partial charge is 0.384 e. The van der Waals surface area contributed by atoms with Gasteiger partial charge in [-0.2, -0.15) is 0 Å². The first-order chi connectivity index (χ1) is 6.49. The van der Waals surface area contributed by atoms with Gasteiger partial charge in [-0.3, -0.25) is 0 Å². The molecule has 1 aromatic rings. The summed E-state index contributed by atoms with van der Waals surface area (Å²) in [6.07, 6.45) is -0.700. The Morgan fingerprint density at radius 2 is 1.71 bits per heavy atom. The molecule has 1 atom stereocenters. The average molecular weight is 206 g/mol. The fraction of sp³-hybridized carbons (Fsp3) is 0.111. The van der Waals surface area contributed by atoms with Crippen molar-refractivity contribution in [3.05, 3.63) is 47.6 Å². The Kier molecular flexibility index (Phi) is 2.90. The summed E-state index contributed by atoms with van der Waals surface area (Å²) >= 11 is 0. The third-order valence-corrected chi connectivity index (χ3v) is 1.67. The first-order valence-corrected chi connectivity index (χ1v) is 3.62. The van der Waals surface area contributed by atoms with Crippen LogP contribution in [0.15, 0.2) is 18.7 Å². The Morgan fingerprint density at radius 1 is 1.14 bits per heavy atom. The van der Waals surface area contributed by atoms with Crippen LogP contribution in [0.2, 0.25) is 0 Å². The summed E-state index contributed by atoms with van der Waals surface area (Å²) in [4.78, 5) is 0. The van der Waals surface area contributed by atoms with Crippen molar-refractivity contribution in [3.8, 4) is 0 Å². The molecule has 5 heteroatoms. The highest BCUT2D eigenvalue weighted by Crippen LogP contribution is 2.24. The smallest absolute Gasteiger partial charge is 0.197 e. The Bertz CT molecular complexity index is 376. The third kappa shape index (κ3) is 1.63. The van der Waals surface area contributed by atoms with Crippen molar-refractivity contribution < 1.29 is 22.7 Å². The van der Waals surface area contributed by atoms with Crippen LogP contribution >= 0.6 is 0 Å². The zero-order valence-electron chi connectivity index (χ0n) is 6.90. The minimum absolute atomic E-state index is 0.389. The van der Waals surface area contributed by atoms with Gasteiger partial charge in [0.1, 0.15) is 0 Å². The minimum atomic E-state index is -1.94. The summed E-state index contributed by atoms with van der Waals surface area (Å²) in [5, 5.41) is 9.04. The van der Waals surface area contributed by atoms with Gasteiger partial charge in [-0.05, 0) is 6.07 Å². The van der Waals surface area contributed by atoms with E-state index in [-0.39, 0.29) is 0 Å². The van der Waals surface area contributed by atoms with Gasteiger partial charge in [-0.25, -0.2) is 17.6 Å². The van der Waals surface area contributed by atoms with Gasteiger partial charge in [-0.1, -0.05) is 6.08 Å². The predicted octanol–water partition coefficient (Wildman–Crippen LogP) is 2.46. The molecular formula is C9H6F4O. The Labute approximate surface area is 77.3 Å². The molecule has 1 aromatic carbocycles. The molecule has 0 saturated carbocycles. The molecule has 14 heavy (non-hydrogen) atoms. The van der Waals surface area contributed by atoms with Gasteiger partial charge in [0.05, 0.1) is 6.10 Å². The second-order valence-corrected chi connectivity index (χ2v) is 2.57. The summed E-state index contributed by atoms with van der Waals surface area (Å²) < 4.78 is 50.5. The third-order valence-electron chi connectivity index (χ3n) is 1.67. The number of halogens is 4. The highest BCUT2D eigenvalue weighted by molar-refractivity contribution is 5.25. The number of hydrogen-bond donors (Lipinski definition) is 1. The van der Waals surface area contributed by atoms with Crippen molar-refractivity contribution in [2.75, 3.05) is 0 Å². The number of hydrogen-bond acceptors (Lipinski definition) is 1. The molecule has 0 radical (unpaired) electrons. The zero-order chi connectivity index (χ0) is 10.9. The maximum absolute atomic E-state index is 12.9. The Balaban J connectivity index is 3.40. The molecule has 0 heterocycles. The van der Waals surface area contributed by atoms with Crippen LogP contribution in [-0.4, -0.2) is 5.11 Å². The molecule has 0 bridgehead atoms. The monoisotopic (exact) mass is 206 g/mol. The molecule has 1 unspecified atom stereocenters. The Hall–Kier alpha value is -1.36. The standard InChI is InChI=1S/C9H6F4O/c1-2-6(14)4-3-5(10)8(12)9(13)7(4)11/h2-3,6,14H,1H2. The van der Waals surface area contributed by atoms with Gasteiger partial charge < -0.3 is 5.11 Å². The van der Waals surface area contributed by atoms with Crippen LogP contribution in [0.4, 0.5) is 17.6 Å². The van der Waals surface area contributed by atoms with Crippen molar-refractivity contribution in [2.24, 2.45) is 0 Å². The molecule has 1 rings (SSSR count). The van der Waals surface area contributed by atoms with Crippen LogP contribution in [0.25, 0.3) is 0 Å². The normalized spacial score (nSPS) is 12.6. The molecule has 1 N–H and O–H groups in total. The lowest BCUT2D eigenvalue weighted by Gasteiger charge is -2.08. The summed E-state index contributed by atoms with van der Waals surface area (Å²) in [5.74, 6) is -7.01. The van der Waals surface area contributed by atoms with Crippen LogP contribution in [0.5, 0.6) is 0 Å². The molecule has 0 amide bonds. The van der Waals surface area contributed by atoms with Gasteiger partial charge in [0, 0.05) is 5.56 Å². The van der Waals surface area contributed by atoms with Crippen LogP contribution in [0.1, 0.15) is 11.7 Å². The lowest BCUT2D eigenvalue weighted by Crippen LogP contribution is -2.04. The van der Waals surface area contributed by atoms with E-state index in [0.29, 0.717) is 6.07 Å². The van der Waals surface area contributed by atoms with Crippen molar-refractivity contribution in [2.45, 2.75) is 6.10 Å². The first kappa shape index (κ1) is 10.7. The van der Waals surface area contributed by atoms with E-state index in [4.69, 9.17) is 5.11 Å². The van der Waals surface area contributed by atoms with E-state index in [1.54, 1.807) is 0 Å². The molecule has 0 aliphatic rings. The molecule has 1 nitrogen and oxygen atoms in total. The summed E-state index contributed by atoms with van der Waals surface area (Å²) in [7, 11) is 0. The molecule has 76 valence electrons. The van der Waals surface area contributed by atoms with E-state index in [1.165, 1.54) is 0 Å². The maximum Gasteiger partial charge on any atom is 0.197 e. The van der Waals surface area contributed by atoms with Gasteiger partial charge in [0.2, 0.25) is 0 Å². The van der Waals surface area contributed by atoms with Gasteiger partial charge in [0.15, 0.2) is 23.3 Å². The lowest BCUT2D eigenvalue weighted by atomic mass is 10.1. The van der Waals surface area contributed by atoms with E-state index in [1.807, 2.05) is 0 Å². The highest BCUT2D eigenvalue weighted by atomic mass is 19.2. The number of aliphatic hydroxyl groups excluding tert-OH is 1. The summed E-state index contributed by atoms with van der Waals surface area (Å²) in [6.45, 7) is 3.10. The van der Waals surface area contributed by atoms with E-state index >= 15 is 0 Å². The maximum atomic E-state index is 12.9. The summed E-state index contributed by atoms with van der Waals surface area (Å²) in [6, 6.07) is 0.389. The minimum Gasteiger partial charge on any atom is -0.384 e. The molecule has 0 fully saturated rings. The van der Waals surface area contributed by atoms with Crippen molar-refractivity contribution >= 4 is 0 Å². The second kappa shape index (κ2) is 3.79. The fourth-order valence-corrected chi connectivity index (χ4v) is 0.933. The van der Waals surface area contributed by atoms with Crippen LogP contribution in [0, 0.1) is 23.3 Å². The van der Waals surface area contributed by atoms with E-state index in [9.17, 15) is 17.6 Å². The SMILES string of the molecule is C=CC(O)c1cc(F)c(F)c(F)c1F. The molecule has 0 aliphatic carbocycles. The zero-order valence-corrected chi connectivity index (χ0v) is 6.90. The van der Waals surface area contributed by atoms with Crippen molar-refractivity contribution in [3.63, 3.8) is 0 Å². The van der Waals surface area contributed by atoms with Gasteiger partial charge in [-0.15, -0.1) is 6.58 Å². The highest BCUT2D eigenvalue weighted by Gasteiger charge is 2.21. The number of benzene rings is 1. The Morgan fingerprint density at radius 3 is 2.21 bits per heavy atom. The van der Waals surface area contributed by atoms with E-state index < -0.39 is 34.9 Å². The lowest BCUT2D eigenvalue weighted by molar-refractivity contribution is 0.219. The molecule has 0 aliphatic heterocycles. The number of rotatable bonds is 2. The predicted molar refractivity (Wildman–Crippen MR) is 41.4 cm³/mol. The van der Waals surface area contributed by atoms with Crippen LogP contribution < -0.4 is 0 Å². The van der Waals surface area contributed by atoms with E-state index in [0.717, 1.165) is 6.08 Å². The van der Waals surface area contributed by atoms with Crippen LogP contribution in [-0.2, 0) is 0 Å². The fourth-order valence-electron chi connectivity index (χ4n) is 0.933. The number of aliphatic hydroxyl groups is 1. The quantitative estimate of drug-likeness (QED) is 0.341. The molecule has 0 spiro atoms. The van der Waals surface area contributed by atoms with Crippen molar-refractivity contribution in [1.82, 2.24) is 0 Å². The van der Waals surface area contributed by atoms with E-state index in [2.05, 4.69) is 6.58 Å². The molecular weight excluding hydrogens is 200 g/mol. The van der Waals surface area contributed by atoms with Crippen LogP contribution in [0.3, 0.4) is 0 Å². The van der Waals surface area contributed by atoms with Gasteiger partial charge >= 0.3 is 0 Å². The van der Waals surface area contributed by atoms with Crippen molar-refractivity contribution in [1.29, 1.82) is 0 Å². The summed E-state index contributed by atoms with van der Waals surface area (Å²) in [5.41, 5.74) is -0.684.